The van der Waals surface area contributed by atoms with Gasteiger partial charge in [0, 0.05) is 35.1 Å². The number of ether oxygens (including phenoxy) is 2. The lowest BCUT2D eigenvalue weighted by Gasteiger charge is -2.34. The molecule has 0 unspecified atom stereocenters. The molecule has 2 heterocycles. The van der Waals surface area contributed by atoms with E-state index >= 15 is 0 Å². The number of fused-ring (bicyclic) bond motifs is 1. The average molecular weight is 515 g/mol. The summed E-state index contributed by atoms with van der Waals surface area (Å²) in [5.41, 5.74) is 2.39. The fraction of sp³-hybridized carbons (Fsp3) is 0.370. The smallest absolute Gasteiger partial charge is 0.306 e. The minimum Gasteiger partial charge on any atom is -0.481 e. The number of esters is 1. The van der Waals surface area contributed by atoms with Crippen LogP contribution in [0.1, 0.15) is 33.1 Å². The zero-order valence-corrected chi connectivity index (χ0v) is 21.3. The van der Waals surface area contributed by atoms with E-state index in [4.69, 9.17) is 32.7 Å². The molecular weight excluding hydrogens is 487 g/mol. The molecule has 0 bridgehead atoms. The van der Waals surface area contributed by atoms with E-state index in [1.165, 1.54) is 0 Å². The van der Waals surface area contributed by atoms with Crippen LogP contribution in [0.2, 0.25) is 10.2 Å². The number of carbonyl (C=O) groups is 2. The Morgan fingerprint density at radius 3 is 2.71 bits per heavy atom. The Bertz CT molecular complexity index is 1230. The highest BCUT2D eigenvalue weighted by Crippen LogP contribution is 2.36. The van der Waals surface area contributed by atoms with Crippen molar-refractivity contribution in [1.82, 2.24) is 9.88 Å². The predicted octanol–water partition coefficient (Wildman–Crippen LogP) is 6.17. The number of nitrogens with zero attached hydrogens (tertiary/aromatic N) is 2. The molecule has 1 aliphatic rings. The molecule has 0 radical (unpaired) electrons. The van der Waals surface area contributed by atoms with Gasteiger partial charge in [-0.25, -0.2) is 4.98 Å². The number of aromatic nitrogens is 1. The van der Waals surface area contributed by atoms with Crippen LogP contribution in [0.5, 0.6) is 5.75 Å². The van der Waals surface area contributed by atoms with E-state index in [1.807, 2.05) is 36.4 Å². The molecule has 0 N–H and O–H groups in total. The maximum Gasteiger partial charge on any atom is 0.306 e. The third-order valence-corrected chi connectivity index (χ3v) is 6.69. The largest absolute Gasteiger partial charge is 0.481 e. The molecular formula is C27H28Cl2N2O4. The SMILES string of the molecule is CCOC(=O)C[C@H]1CCCN(C(=O)[C@@H](C)Oc2ccc3c(-c4ccccc4Cl)cc(Cl)nc3c2)C1. The van der Waals surface area contributed by atoms with E-state index in [0.29, 0.717) is 47.6 Å². The van der Waals surface area contributed by atoms with Crippen molar-refractivity contribution in [3.05, 3.63) is 58.7 Å². The first-order valence-corrected chi connectivity index (χ1v) is 12.6. The van der Waals surface area contributed by atoms with Crippen LogP contribution in [-0.2, 0) is 14.3 Å². The van der Waals surface area contributed by atoms with E-state index in [1.54, 1.807) is 30.9 Å². The number of halogens is 2. The molecule has 35 heavy (non-hydrogen) atoms. The number of piperidine rings is 1. The molecule has 6 nitrogen and oxygen atoms in total. The quantitative estimate of drug-likeness (QED) is 0.278. The standard InChI is InChI=1S/C27H28Cl2N2O4/c1-3-34-26(32)13-18-7-6-12-31(16-18)27(33)17(2)35-19-10-11-21-22(15-25(29)30-24(21)14-19)20-8-4-5-9-23(20)28/h4-5,8-11,14-15,17-18H,3,6-7,12-13,16H2,1-2H3/t17-,18-/m1/s1. The second-order valence-corrected chi connectivity index (χ2v) is 9.51. The van der Waals surface area contributed by atoms with Crippen LogP contribution in [0, 0.1) is 5.92 Å². The van der Waals surface area contributed by atoms with E-state index in [-0.39, 0.29) is 17.8 Å². The summed E-state index contributed by atoms with van der Waals surface area (Å²) in [4.78, 5) is 31.2. The van der Waals surface area contributed by atoms with Crippen LogP contribution < -0.4 is 4.74 Å². The highest BCUT2D eigenvalue weighted by atomic mass is 35.5. The second-order valence-electron chi connectivity index (χ2n) is 8.71. The molecule has 1 aliphatic heterocycles. The van der Waals surface area contributed by atoms with Gasteiger partial charge in [0.1, 0.15) is 10.9 Å². The predicted molar refractivity (Wildman–Crippen MR) is 138 cm³/mol. The number of likely N-dealkylation sites (tertiary alicyclic amines) is 1. The van der Waals surface area contributed by atoms with Gasteiger partial charge in [-0.15, -0.1) is 0 Å². The minimum atomic E-state index is -0.684. The molecule has 1 aromatic heterocycles. The summed E-state index contributed by atoms with van der Waals surface area (Å²) in [6.45, 7) is 5.08. The first-order valence-electron chi connectivity index (χ1n) is 11.8. The Labute approximate surface area is 215 Å². The molecule has 4 rings (SSSR count). The van der Waals surface area contributed by atoms with E-state index in [0.717, 1.165) is 29.4 Å². The topological polar surface area (TPSA) is 68.7 Å². The van der Waals surface area contributed by atoms with Crippen molar-refractivity contribution in [3.63, 3.8) is 0 Å². The van der Waals surface area contributed by atoms with Gasteiger partial charge >= 0.3 is 5.97 Å². The van der Waals surface area contributed by atoms with Gasteiger partial charge in [0.25, 0.3) is 5.91 Å². The molecule has 0 aliphatic carbocycles. The lowest BCUT2D eigenvalue weighted by atomic mass is 9.94. The van der Waals surface area contributed by atoms with Crippen LogP contribution in [0.4, 0.5) is 0 Å². The van der Waals surface area contributed by atoms with E-state index < -0.39 is 6.10 Å². The van der Waals surface area contributed by atoms with Crippen molar-refractivity contribution >= 4 is 46.0 Å². The van der Waals surface area contributed by atoms with Gasteiger partial charge in [-0.05, 0) is 62.4 Å². The molecule has 3 aromatic rings. The molecule has 184 valence electrons. The Kier molecular flexibility index (Phi) is 8.14. The fourth-order valence-corrected chi connectivity index (χ4v) is 4.99. The summed E-state index contributed by atoms with van der Waals surface area (Å²) in [5.74, 6) is 0.316. The summed E-state index contributed by atoms with van der Waals surface area (Å²) < 4.78 is 11.1. The number of rotatable bonds is 7. The molecule has 2 aromatic carbocycles. The van der Waals surface area contributed by atoms with Crippen molar-refractivity contribution < 1.29 is 19.1 Å². The van der Waals surface area contributed by atoms with Gasteiger partial charge in [0.05, 0.1) is 18.5 Å². The molecule has 0 saturated carbocycles. The normalized spacial score (nSPS) is 16.7. The Morgan fingerprint density at radius 2 is 1.94 bits per heavy atom. The van der Waals surface area contributed by atoms with Crippen LogP contribution >= 0.6 is 23.2 Å². The zero-order chi connectivity index (χ0) is 24.9. The monoisotopic (exact) mass is 514 g/mol. The highest BCUT2D eigenvalue weighted by molar-refractivity contribution is 6.34. The maximum absolute atomic E-state index is 13.1. The summed E-state index contributed by atoms with van der Waals surface area (Å²) in [6, 6.07) is 14.9. The molecule has 0 spiro atoms. The maximum atomic E-state index is 13.1. The van der Waals surface area contributed by atoms with Gasteiger partial charge in [0.2, 0.25) is 0 Å². The van der Waals surface area contributed by atoms with Gasteiger partial charge in [0.15, 0.2) is 6.10 Å². The summed E-state index contributed by atoms with van der Waals surface area (Å²) in [6.07, 6.45) is 1.41. The average Bonchev–Trinajstić information content (AvgIpc) is 2.83. The summed E-state index contributed by atoms with van der Waals surface area (Å²) in [7, 11) is 0. The van der Waals surface area contributed by atoms with Crippen molar-refractivity contribution in [2.45, 2.75) is 39.2 Å². The number of pyridine rings is 1. The third-order valence-electron chi connectivity index (χ3n) is 6.17. The molecule has 1 fully saturated rings. The van der Waals surface area contributed by atoms with Crippen LogP contribution in [-0.4, -0.2) is 47.6 Å². The van der Waals surface area contributed by atoms with Crippen molar-refractivity contribution in [2.24, 2.45) is 5.92 Å². The fourth-order valence-electron chi connectivity index (χ4n) is 4.55. The second kappa shape index (κ2) is 11.3. The Morgan fingerprint density at radius 1 is 1.14 bits per heavy atom. The first-order chi connectivity index (χ1) is 16.9. The number of benzene rings is 2. The summed E-state index contributed by atoms with van der Waals surface area (Å²) in [5, 5.41) is 1.85. The van der Waals surface area contributed by atoms with Gasteiger partial charge < -0.3 is 14.4 Å². The number of hydrogen-bond acceptors (Lipinski definition) is 5. The van der Waals surface area contributed by atoms with E-state index in [9.17, 15) is 9.59 Å². The molecule has 2 atom stereocenters. The van der Waals surface area contributed by atoms with E-state index in [2.05, 4.69) is 4.98 Å². The minimum absolute atomic E-state index is 0.102. The highest BCUT2D eigenvalue weighted by Gasteiger charge is 2.29. The Hall–Kier alpha value is -2.83. The van der Waals surface area contributed by atoms with Gasteiger partial charge in [-0.2, -0.15) is 0 Å². The van der Waals surface area contributed by atoms with Crippen molar-refractivity contribution in [2.75, 3.05) is 19.7 Å². The van der Waals surface area contributed by atoms with Crippen LogP contribution in [0.25, 0.3) is 22.0 Å². The number of amides is 1. The van der Waals surface area contributed by atoms with Gasteiger partial charge in [-0.3, -0.25) is 9.59 Å². The lowest BCUT2D eigenvalue weighted by Crippen LogP contribution is -2.46. The van der Waals surface area contributed by atoms with Crippen molar-refractivity contribution in [1.29, 1.82) is 0 Å². The van der Waals surface area contributed by atoms with Crippen LogP contribution in [0.3, 0.4) is 0 Å². The Balaban J connectivity index is 1.49. The van der Waals surface area contributed by atoms with Gasteiger partial charge in [-0.1, -0.05) is 41.4 Å². The lowest BCUT2D eigenvalue weighted by molar-refractivity contribution is -0.147. The third kappa shape index (κ3) is 6.06. The molecule has 1 amide bonds. The molecule has 1 saturated heterocycles. The molecule has 8 heteroatoms. The first kappa shape index (κ1) is 25.3. The van der Waals surface area contributed by atoms with Crippen LogP contribution in [0.15, 0.2) is 48.5 Å². The number of carbonyl (C=O) groups excluding carboxylic acids is 2. The summed E-state index contributed by atoms with van der Waals surface area (Å²) >= 11 is 12.7. The van der Waals surface area contributed by atoms with Crippen molar-refractivity contribution in [3.8, 4) is 16.9 Å². The number of hydrogen-bond donors (Lipinski definition) is 0. The zero-order valence-electron chi connectivity index (χ0n) is 19.8.